The molecule has 3 heterocycles. The Morgan fingerprint density at radius 3 is 2.44 bits per heavy atom. The number of aliphatic hydroxyl groups excluding tert-OH is 2. The van der Waals surface area contributed by atoms with Gasteiger partial charge in [0.15, 0.2) is 18.0 Å². The second-order valence-corrected chi connectivity index (χ2v) is 8.92. The number of para-hydroxylation sites is 2. The van der Waals surface area contributed by atoms with Crippen LogP contribution in [0.5, 0.6) is 0 Å². The van der Waals surface area contributed by atoms with Crippen molar-refractivity contribution in [3.05, 3.63) is 48.5 Å². The fourth-order valence-electron chi connectivity index (χ4n) is 4.73. The third-order valence-corrected chi connectivity index (χ3v) is 6.70. The van der Waals surface area contributed by atoms with Gasteiger partial charge < -0.3 is 31.1 Å². The van der Waals surface area contributed by atoms with Crippen LogP contribution in [0, 0.1) is 5.92 Å². The number of carbonyl (C=O) groups excluding carboxylic acids is 2. The molecule has 2 amide bonds. The molecule has 5 N–H and O–H groups in total. The molecule has 4 rings (SSSR count). The van der Waals surface area contributed by atoms with Gasteiger partial charge in [-0.2, -0.15) is 0 Å². The van der Waals surface area contributed by atoms with Crippen molar-refractivity contribution in [3.63, 3.8) is 0 Å². The van der Waals surface area contributed by atoms with Crippen LogP contribution in [-0.2, 0) is 9.59 Å². The van der Waals surface area contributed by atoms with Crippen molar-refractivity contribution in [1.29, 1.82) is 0 Å². The number of likely N-dealkylation sites (tertiary alicyclic amines) is 1. The quantitative estimate of drug-likeness (QED) is 0.429. The number of carbonyl (C=O) groups is 2. The molecule has 3 atom stereocenters. The topological polar surface area (TPSA) is 145 Å². The van der Waals surface area contributed by atoms with Gasteiger partial charge in [-0.15, -0.1) is 0 Å². The Morgan fingerprint density at radius 2 is 1.74 bits per heavy atom. The Bertz CT molecular complexity index is 982. The number of anilines is 2. The SMILES string of the molecule is Nc1ccccc1N1CCC(CNC(=O)[C@H](O)[C@@H](O)C(=O)N2CCC[C@@H]2c2ncccn2)CC1. The minimum Gasteiger partial charge on any atom is -0.397 e. The highest BCUT2D eigenvalue weighted by Gasteiger charge is 2.39. The van der Waals surface area contributed by atoms with Gasteiger partial charge in [0, 0.05) is 38.6 Å². The van der Waals surface area contributed by atoms with E-state index in [-0.39, 0.29) is 12.0 Å². The van der Waals surface area contributed by atoms with Crippen LogP contribution >= 0.6 is 0 Å². The summed E-state index contributed by atoms with van der Waals surface area (Å²) in [6.45, 7) is 2.42. The third kappa shape index (κ3) is 5.28. The second kappa shape index (κ2) is 10.8. The zero-order valence-electron chi connectivity index (χ0n) is 19.1. The number of nitrogen functional groups attached to an aromatic ring is 1. The zero-order chi connectivity index (χ0) is 24.1. The molecule has 0 unspecified atom stereocenters. The first-order chi connectivity index (χ1) is 16.5. The summed E-state index contributed by atoms with van der Waals surface area (Å²) in [4.78, 5) is 37.4. The molecule has 2 aromatic rings. The van der Waals surface area contributed by atoms with Gasteiger partial charge >= 0.3 is 0 Å². The maximum absolute atomic E-state index is 12.8. The van der Waals surface area contributed by atoms with E-state index in [2.05, 4.69) is 20.2 Å². The molecule has 2 saturated heterocycles. The van der Waals surface area contributed by atoms with Crippen LogP contribution < -0.4 is 16.0 Å². The number of piperidine rings is 1. The Labute approximate surface area is 198 Å². The van der Waals surface area contributed by atoms with Gasteiger partial charge in [-0.05, 0) is 49.8 Å². The van der Waals surface area contributed by atoms with Gasteiger partial charge in [0.1, 0.15) is 0 Å². The number of nitrogens with one attached hydrogen (secondary N) is 1. The number of benzene rings is 1. The van der Waals surface area contributed by atoms with E-state index in [0.29, 0.717) is 25.3 Å². The van der Waals surface area contributed by atoms with Gasteiger partial charge in [0.25, 0.3) is 11.8 Å². The number of aromatic nitrogens is 2. The maximum atomic E-state index is 12.8. The summed E-state index contributed by atoms with van der Waals surface area (Å²) in [6.07, 6.45) is 2.64. The van der Waals surface area contributed by atoms with Crippen molar-refractivity contribution >= 4 is 23.2 Å². The van der Waals surface area contributed by atoms with Gasteiger partial charge in [-0.1, -0.05) is 12.1 Å². The van der Waals surface area contributed by atoms with Crippen LogP contribution in [0.25, 0.3) is 0 Å². The predicted molar refractivity (Wildman–Crippen MR) is 127 cm³/mol. The first-order valence-corrected chi connectivity index (χ1v) is 11.8. The molecular formula is C24H32N6O4. The highest BCUT2D eigenvalue weighted by molar-refractivity contribution is 5.91. The summed E-state index contributed by atoms with van der Waals surface area (Å²) < 4.78 is 0. The fraction of sp³-hybridized carbons (Fsp3) is 0.500. The summed E-state index contributed by atoms with van der Waals surface area (Å²) in [5.41, 5.74) is 7.83. The van der Waals surface area contributed by atoms with Crippen LogP contribution in [0.3, 0.4) is 0 Å². The first-order valence-electron chi connectivity index (χ1n) is 11.8. The number of hydrogen-bond donors (Lipinski definition) is 4. The molecule has 0 radical (unpaired) electrons. The van der Waals surface area contributed by atoms with Crippen molar-refractivity contribution in [2.75, 3.05) is 36.8 Å². The third-order valence-electron chi connectivity index (χ3n) is 6.70. The molecule has 1 aromatic carbocycles. The van der Waals surface area contributed by atoms with Crippen LogP contribution in [-0.4, -0.2) is 75.3 Å². The van der Waals surface area contributed by atoms with Gasteiger partial charge in [0.05, 0.1) is 17.4 Å². The lowest BCUT2D eigenvalue weighted by Gasteiger charge is -2.34. The Balaban J connectivity index is 1.26. The summed E-state index contributed by atoms with van der Waals surface area (Å²) in [5, 5.41) is 23.5. The van der Waals surface area contributed by atoms with Gasteiger partial charge in [-0.3, -0.25) is 9.59 Å². The molecule has 0 aliphatic carbocycles. The van der Waals surface area contributed by atoms with Crippen LogP contribution in [0.15, 0.2) is 42.7 Å². The average molecular weight is 469 g/mol. The van der Waals surface area contributed by atoms with E-state index >= 15 is 0 Å². The van der Waals surface area contributed by atoms with Crippen LogP contribution in [0.1, 0.15) is 37.5 Å². The molecule has 1 aromatic heterocycles. The van der Waals surface area contributed by atoms with Crippen molar-refractivity contribution in [3.8, 4) is 0 Å². The molecule has 2 aliphatic heterocycles. The largest absolute Gasteiger partial charge is 0.397 e. The van der Waals surface area contributed by atoms with Crippen LogP contribution in [0.2, 0.25) is 0 Å². The van der Waals surface area contributed by atoms with E-state index < -0.39 is 24.0 Å². The molecule has 2 fully saturated rings. The van der Waals surface area contributed by atoms with Crippen molar-refractivity contribution < 1.29 is 19.8 Å². The van der Waals surface area contributed by atoms with Crippen molar-refractivity contribution in [2.24, 2.45) is 5.92 Å². The zero-order valence-corrected chi connectivity index (χ0v) is 19.1. The Kier molecular flexibility index (Phi) is 7.59. The van der Waals surface area contributed by atoms with E-state index in [9.17, 15) is 19.8 Å². The molecule has 10 heteroatoms. The highest BCUT2D eigenvalue weighted by atomic mass is 16.3. The van der Waals surface area contributed by atoms with E-state index in [0.717, 1.165) is 43.7 Å². The smallest absolute Gasteiger partial charge is 0.255 e. The number of nitrogens with zero attached hydrogens (tertiary/aromatic N) is 4. The minimum absolute atomic E-state index is 0.239. The molecule has 10 nitrogen and oxygen atoms in total. The van der Waals surface area contributed by atoms with Crippen LogP contribution in [0.4, 0.5) is 11.4 Å². The lowest BCUT2D eigenvalue weighted by Crippen LogP contribution is -2.51. The van der Waals surface area contributed by atoms with E-state index in [1.54, 1.807) is 18.5 Å². The van der Waals surface area contributed by atoms with Crippen molar-refractivity contribution in [1.82, 2.24) is 20.2 Å². The van der Waals surface area contributed by atoms with Gasteiger partial charge in [0.2, 0.25) is 0 Å². The molecule has 34 heavy (non-hydrogen) atoms. The van der Waals surface area contributed by atoms with E-state index in [1.807, 2.05) is 24.3 Å². The molecule has 0 saturated carbocycles. The summed E-state index contributed by atoms with van der Waals surface area (Å²) in [7, 11) is 0. The molecular weight excluding hydrogens is 436 g/mol. The normalized spacial score (nSPS) is 20.7. The second-order valence-electron chi connectivity index (χ2n) is 8.92. The maximum Gasteiger partial charge on any atom is 0.255 e. The van der Waals surface area contributed by atoms with Crippen molar-refractivity contribution in [2.45, 2.75) is 43.9 Å². The molecule has 182 valence electrons. The summed E-state index contributed by atoms with van der Waals surface area (Å²) in [5.74, 6) is -0.708. The minimum atomic E-state index is -1.84. The summed E-state index contributed by atoms with van der Waals surface area (Å²) >= 11 is 0. The Hall–Kier alpha value is -3.24. The van der Waals surface area contributed by atoms with E-state index in [4.69, 9.17) is 5.73 Å². The molecule has 2 aliphatic rings. The number of rotatable bonds is 7. The average Bonchev–Trinajstić information content (AvgIpc) is 3.37. The van der Waals surface area contributed by atoms with E-state index in [1.165, 1.54) is 4.90 Å². The standard InChI is InChI=1S/C24H32N6O4/c25-17-5-1-2-6-18(17)29-13-8-16(9-14-29)15-28-23(33)20(31)21(32)24(34)30-12-3-7-19(30)22-26-10-4-11-27-22/h1-2,4-6,10-11,16,19-21,31-32H,3,7-9,12-15,25H2,(H,28,33)/t19-,20-,21-/m1/s1. The predicted octanol–water partition coefficient (Wildman–Crippen LogP) is 0.477. The highest BCUT2D eigenvalue weighted by Crippen LogP contribution is 2.30. The lowest BCUT2D eigenvalue weighted by molar-refractivity contribution is -0.154. The monoisotopic (exact) mass is 468 g/mol. The Morgan fingerprint density at radius 1 is 1.03 bits per heavy atom. The lowest BCUT2D eigenvalue weighted by atomic mass is 9.96. The number of nitrogens with two attached hydrogens (primary N) is 1. The summed E-state index contributed by atoms with van der Waals surface area (Å²) in [6, 6.07) is 9.07. The number of amides is 2. The first kappa shape index (κ1) is 23.9. The molecule has 0 spiro atoms. The number of aliphatic hydroxyl groups is 2. The number of hydrogen-bond acceptors (Lipinski definition) is 8. The fourth-order valence-corrected chi connectivity index (χ4v) is 4.73. The molecule has 0 bridgehead atoms. The van der Waals surface area contributed by atoms with Gasteiger partial charge in [-0.25, -0.2) is 9.97 Å².